The van der Waals surface area contributed by atoms with Gasteiger partial charge in [0.05, 0.1) is 7.11 Å². The van der Waals surface area contributed by atoms with E-state index in [2.05, 4.69) is 20.9 Å². The van der Waals surface area contributed by atoms with E-state index in [0.717, 1.165) is 0 Å². The van der Waals surface area contributed by atoms with Gasteiger partial charge in [-0.15, -0.1) is 0 Å². The van der Waals surface area contributed by atoms with Gasteiger partial charge in [-0.2, -0.15) is 0 Å². The van der Waals surface area contributed by atoms with Crippen LogP contribution in [-0.4, -0.2) is 18.0 Å². The molecule has 70 valence electrons. The number of aromatic nitrogens is 1. The van der Waals surface area contributed by atoms with Crippen molar-refractivity contribution in [2.75, 3.05) is 7.11 Å². The van der Waals surface area contributed by atoms with Crippen LogP contribution in [0.1, 0.15) is 10.5 Å². The molecule has 1 aromatic heterocycles. The maximum atomic E-state index is 11.0. The number of nitrogens with two attached hydrogens (primary N) is 1. The van der Waals surface area contributed by atoms with Crippen molar-refractivity contribution in [3.05, 3.63) is 22.4 Å². The molecule has 6 heteroatoms. The lowest BCUT2D eigenvalue weighted by molar-refractivity contribution is 0.0948. The molecule has 1 aromatic rings. The maximum absolute atomic E-state index is 11.0. The number of amides is 1. The van der Waals surface area contributed by atoms with Gasteiger partial charge in [0.1, 0.15) is 10.3 Å². The standard InChI is InChI=1S/C7H8BrN3O2/c1-13-5-3-2-4(7(12)11-9)10-6(5)8/h2-3H,9H2,1H3,(H,11,12). The van der Waals surface area contributed by atoms with E-state index < -0.39 is 5.91 Å². The highest BCUT2D eigenvalue weighted by Crippen LogP contribution is 2.21. The van der Waals surface area contributed by atoms with Crippen LogP contribution in [0.4, 0.5) is 0 Å². The molecule has 0 aliphatic carbocycles. The predicted molar refractivity (Wildman–Crippen MR) is 50.1 cm³/mol. The van der Waals surface area contributed by atoms with Gasteiger partial charge in [0.25, 0.3) is 5.91 Å². The zero-order valence-electron chi connectivity index (χ0n) is 6.87. The molecule has 0 aromatic carbocycles. The Kier molecular flexibility index (Phi) is 3.21. The highest BCUT2D eigenvalue weighted by molar-refractivity contribution is 9.10. The first-order valence-electron chi connectivity index (χ1n) is 3.40. The molecule has 13 heavy (non-hydrogen) atoms. The number of hydrogen-bond donors (Lipinski definition) is 2. The summed E-state index contributed by atoms with van der Waals surface area (Å²) in [6.45, 7) is 0. The summed E-state index contributed by atoms with van der Waals surface area (Å²) in [5, 5.41) is 0. The lowest BCUT2D eigenvalue weighted by atomic mass is 10.3. The van der Waals surface area contributed by atoms with Gasteiger partial charge in [0.15, 0.2) is 5.75 Å². The molecule has 3 N–H and O–H groups in total. The second-order valence-electron chi connectivity index (χ2n) is 2.16. The molecule has 0 radical (unpaired) electrons. The summed E-state index contributed by atoms with van der Waals surface area (Å²) in [5.74, 6) is 5.06. The van der Waals surface area contributed by atoms with E-state index in [0.29, 0.717) is 10.4 Å². The number of hydrazine groups is 1. The Balaban J connectivity index is 3.02. The second-order valence-corrected chi connectivity index (χ2v) is 2.91. The first-order chi connectivity index (χ1) is 6.19. The van der Waals surface area contributed by atoms with E-state index in [1.807, 2.05) is 5.43 Å². The Morgan fingerprint density at radius 2 is 2.38 bits per heavy atom. The smallest absolute Gasteiger partial charge is 0.283 e. The van der Waals surface area contributed by atoms with E-state index in [-0.39, 0.29) is 5.69 Å². The van der Waals surface area contributed by atoms with Crippen LogP contribution in [0.2, 0.25) is 0 Å². The minimum Gasteiger partial charge on any atom is -0.494 e. The second kappa shape index (κ2) is 4.20. The third kappa shape index (κ3) is 2.16. The number of nitrogens with zero attached hydrogens (tertiary/aromatic N) is 1. The fraction of sp³-hybridized carbons (Fsp3) is 0.143. The van der Waals surface area contributed by atoms with E-state index in [1.165, 1.54) is 13.2 Å². The van der Waals surface area contributed by atoms with Gasteiger partial charge >= 0.3 is 0 Å². The van der Waals surface area contributed by atoms with Gasteiger partial charge in [-0.1, -0.05) is 0 Å². The van der Waals surface area contributed by atoms with Gasteiger partial charge in [0, 0.05) is 0 Å². The number of hydrogen-bond acceptors (Lipinski definition) is 4. The zero-order chi connectivity index (χ0) is 9.84. The van der Waals surface area contributed by atoms with Crippen molar-refractivity contribution in [2.24, 2.45) is 5.84 Å². The molecule has 0 bridgehead atoms. The number of carbonyl (C=O) groups is 1. The number of halogens is 1. The summed E-state index contributed by atoms with van der Waals surface area (Å²) in [4.78, 5) is 14.9. The van der Waals surface area contributed by atoms with Crippen molar-refractivity contribution in [3.8, 4) is 5.75 Å². The molecule has 0 saturated heterocycles. The summed E-state index contributed by atoms with van der Waals surface area (Å²) in [6, 6.07) is 3.15. The van der Waals surface area contributed by atoms with E-state index >= 15 is 0 Å². The van der Waals surface area contributed by atoms with Gasteiger partial charge in [-0.05, 0) is 28.1 Å². The predicted octanol–water partition coefficient (Wildman–Crippen LogP) is 0.456. The molecule has 5 nitrogen and oxygen atoms in total. The maximum Gasteiger partial charge on any atom is 0.283 e. The topological polar surface area (TPSA) is 77.2 Å². The molecule has 0 saturated carbocycles. The zero-order valence-corrected chi connectivity index (χ0v) is 8.46. The van der Waals surface area contributed by atoms with Crippen LogP contribution in [0.15, 0.2) is 16.7 Å². The van der Waals surface area contributed by atoms with Crippen molar-refractivity contribution in [3.63, 3.8) is 0 Å². The molecule has 1 heterocycles. The number of ether oxygens (including phenoxy) is 1. The Bertz CT molecular complexity index is 330. The monoisotopic (exact) mass is 245 g/mol. The summed E-state index contributed by atoms with van der Waals surface area (Å²) < 4.78 is 5.41. The molecule has 0 unspecified atom stereocenters. The van der Waals surface area contributed by atoms with E-state index in [1.54, 1.807) is 6.07 Å². The van der Waals surface area contributed by atoms with Crippen LogP contribution < -0.4 is 16.0 Å². The molecule has 0 aliphatic heterocycles. The average Bonchev–Trinajstić information content (AvgIpc) is 2.16. The molecule has 0 atom stereocenters. The quantitative estimate of drug-likeness (QED) is 0.344. The number of rotatable bonds is 2. The Morgan fingerprint density at radius 1 is 1.69 bits per heavy atom. The summed E-state index contributed by atoms with van der Waals surface area (Å²) in [6.07, 6.45) is 0. The lowest BCUT2D eigenvalue weighted by Gasteiger charge is -2.03. The van der Waals surface area contributed by atoms with Crippen molar-refractivity contribution in [2.45, 2.75) is 0 Å². The van der Waals surface area contributed by atoms with E-state index in [9.17, 15) is 4.79 Å². The molecule has 1 rings (SSSR count). The fourth-order valence-corrected chi connectivity index (χ4v) is 1.26. The lowest BCUT2D eigenvalue weighted by Crippen LogP contribution is -2.30. The van der Waals surface area contributed by atoms with Crippen LogP contribution in [0.3, 0.4) is 0 Å². The third-order valence-electron chi connectivity index (χ3n) is 1.40. The summed E-state index contributed by atoms with van der Waals surface area (Å²) in [5.41, 5.74) is 2.21. The number of carbonyl (C=O) groups excluding carboxylic acids is 1. The molecule has 1 amide bonds. The molecular formula is C7H8BrN3O2. The SMILES string of the molecule is COc1ccc(C(=O)NN)nc1Br. The summed E-state index contributed by atoms with van der Waals surface area (Å²) >= 11 is 3.15. The number of methoxy groups -OCH3 is 1. The fourth-order valence-electron chi connectivity index (χ4n) is 0.774. The first-order valence-corrected chi connectivity index (χ1v) is 4.20. The van der Waals surface area contributed by atoms with Crippen LogP contribution in [-0.2, 0) is 0 Å². The minimum atomic E-state index is -0.441. The molecule has 0 spiro atoms. The van der Waals surface area contributed by atoms with Gasteiger partial charge in [0.2, 0.25) is 0 Å². The van der Waals surface area contributed by atoms with Crippen LogP contribution in [0.25, 0.3) is 0 Å². The minimum absolute atomic E-state index is 0.232. The number of pyridine rings is 1. The van der Waals surface area contributed by atoms with Crippen LogP contribution in [0.5, 0.6) is 5.75 Å². The van der Waals surface area contributed by atoms with Crippen molar-refractivity contribution >= 4 is 21.8 Å². The Labute approximate surface area is 83.4 Å². The van der Waals surface area contributed by atoms with Crippen molar-refractivity contribution < 1.29 is 9.53 Å². The number of nitrogens with one attached hydrogen (secondary N) is 1. The van der Waals surface area contributed by atoms with Crippen LogP contribution in [0, 0.1) is 0 Å². The first kappa shape index (κ1) is 9.94. The number of nitrogen functional groups attached to an aromatic ring is 1. The average molecular weight is 246 g/mol. The Morgan fingerprint density at radius 3 is 2.85 bits per heavy atom. The highest BCUT2D eigenvalue weighted by atomic mass is 79.9. The van der Waals surface area contributed by atoms with Gasteiger partial charge < -0.3 is 4.74 Å². The third-order valence-corrected chi connectivity index (χ3v) is 1.97. The highest BCUT2D eigenvalue weighted by Gasteiger charge is 2.08. The summed E-state index contributed by atoms with van der Waals surface area (Å²) in [7, 11) is 1.52. The van der Waals surface area contributed by atoms with Crippen LogP contribution >= 0.6 is 15.9 Å². The van der Waals surface area contributed by atoms with Crippen molar-refractivity contribution in [1.29, 1.82) is 0 Å². The molecular weight excluding hydrogens is 238 g/mol. The van der Waals surface area contributed by atoms with Gasteiger partial charge in [-0.25, -0.2) is 10.8 Å². The Hall–Kier alpha value is -1.14. The normalized spacial score (nSPS) is 9.46. The van der Waals surface area contributed by atoms with E-state index in [4.69, 9.17) is 10.6 Å². The largest absolute Gasteiger partial charge is 0.494 e. The molecule has 0 fully saturated rings. The van der Waals surface area contributed by atoms with Gasteiger partial charge in [-0.3, -0.25) is 10.2 Å². The van der Waals surface area contributed by atoms with Crippen molar-refractivity contribution in [1.82, 2.24) is 10.4 Å². The molecule has 0 aliphatic rings.